The number of halogens is 2. The van der Waals surface area contributed by atoms with Gasteiger partial charge in [0.2, 0.25) is 0 Å². The Balaban J connectivity index is 2.05. The Hall–Kier alpha value is -0.490. The van der Waals surface area contributed by atoms with E-state index in [2.05, 4.69) is 28.2 Å². The molecule has 1 aliphatic rings. The van der Waals surface area contributed by atoms with E-state index in [0.29, 0.717) is 18.7 Å². The molecule has 106 valence electrons. The lowest BCUT2D eigenvalue weighted by atomic mass is 10.0. The number of hydrogen-bond donors (Lipinski definition) is 2. The highest BCUT2D eigenvalue weighted by Crippen LogP contribution is 2.26. The van der Waals surface area contributed by atoms with Gasteiger partial charge in [0.15, 0.2) is 0 Å². The maximum absolute atomic E-state index is 13.9. The normalized spacial score (nSPS) is 24.6. The first-order valence-corrected chi connectivity index (χ1v) is 7.36. The first kappa shape index (κ1) is 14.9. The molecule has 1 aromatic rings. The quantitative estimate of drug-likeness (QED) is 0.872. The minimum atomic E-state index is -0.233. The van der Waals surface area contributed by atoms with E-state index < -0.39 is 0 Å². The van der Waals surface area contributed by atoms with E-state index >= 15 is 0 Å². The van der Waals surface area contributed by atoms with Crippen LogP contribution in [0.15, 0.2) is 22.7 Å². The van der Waals surface area contributed by atoms with Crippen LogP contribution in [0.2, 0.25) is 0 Å². The maximum Gasteiger partial charge on any atom is 0.128 e. The number of nitrogens with two attached hydrogens (primary N) is 1. The van der Waals surface area contributed by atoms with Crippen molar-refractivity contribution < 1.29 is 9.13 Å². The summed E-state index contributed by atoms with van der Waals surface area (Å²) in [7, 11) is 0. The molecule has 1 fully saturated rings. The Morgan fingerprint density at radius 2 is 2.37 bits per heavy atom. The van der Waals surface area contributed by atoms with Crippen LogP contribution in [0.25, 0.3) is 0 Å². The second-order valence-electron chi connectivity index (χ2n) is 5.24. The predicted molar refractivity (Wildman–Crippen MR) is 77.5 cm³/mol. The van der Waals surface area contributed by atoms with Gasteiger partial charge in [-0.15, -0.1) is 0 Å². The fraction of sp³-hybridized carbons (Fsp3) is 0.571. The maximum atomic E-state index is 13.9. The lowest BCUT2D eigenvalue weighted by Gasteiger charge is -2.27. The number of nitrogens with one attached hydrogen (secondary N) is 1. The Kier molecular flexibility index (Phi) is 4.95. The van der Waals surface area contributed by atoms with Gasteiger partial charge in [-0.05, 0) is 38.0 Å². The van der Waals surface area contributed by atoms with E-state index in [4.69, 9.17) is 10.5 Å². The summed E-state index contributed by atoms with van der Waals surface area (Å²) < 4.78 is 20.4. The topological polar surface area (TPSA) is 47.3 Å². The van der Waals surface area contributed by atoms with E-state index in [1.165, 1.54) is 6.07 Å². The van der Waals surface area contributed by atoms with Crippen LogP contribution in [0.1, 0.15) is 31.4 Å². The van der Waals surface area contributed by atoms with Gasteiger partial charge < -0.3 is 15.8 Å². The second-order valence-corrected chi connectivity index (χ2v) is 6.15. The summed E-state index contributed by atoms with van der Waals surface area (Å²) >= 11 is 3.36. The van der Waals surface area contributed by atoms with Gasteiger partial charge in [-0.1, -0.05) is 15.9 Å². The number of rotatable bonds is 5. The van der Waals surface area contributed by atoms with Gasteiger partial charge in [0.05, 0.1) is 5.60 Å². The summed E-state index contributed by atoms with van der Waals surface area (Å²) in [5.41, 5.74) is 6.21. The second kappa shape index (κ2) is 6.31. The molecule has 19 heavy (non-hydrogen) atoms. The smallest absolute Gasteiger partial charge is 0.128 e. The summed E-state index contributed by atoms with van der Waals surface area (Å²) in [6.45, 7) is 3.92. The fourth-order valence-corrected chi connectivity index (χ4v) is 2.80. The van der Waals surface area contributed by atoms with Gasteiger partial charge in [-0.2, -0.15) is 0 Å². The molecular formula is C14H20BrFN2O. The molecule has 2 rings (SSSR count). The number of hydrogen-bond acceptors (Lipinski definition) is 3. The van der Waals surface area contributed by atoms with E-state index in [1.54, 1.807) is 12.1 Å². The summed E-state index contributed by atoms with van der Waals surface area (Å²) in [6, 6.07) is 4.72. The van der Waals surface area contributed by atoms with Crippen LogP contribution in [0.5, 0.6) is 0 Å². The summed E-state index contributed by atoms with van der Waals surface area (Å²) in [5.74, 6) is -0.233. The summed E-state index contributed by atoms with van der Waals surface area (Å²) in [6.07, 6.45) is 2.11. The largest absolute Gasteiger partial charge is 0.374 e. The van der Waals surface area contributed by atoms with Crippen LogP contribution < -0.4 is 11.1 Å². The zero-order chi connectivity index (χ0) is 13.9. The highest BCUT2D eigenvalue weighted by atomic mass is 79.9. The van der Waals surface area contributed by atoms with Crippen LogP contribution in [0, 0.1) is 5.82 Å². The minimum Gasteiger partial charge on any atom is -0.374 e. The van der Waals surface area contributed by atoms with Crippen LogP contribution in [-0.2, 0) is 4.74 Å². The van der Waals surface area contributed by atoms with Crippen molar-refractivity contribution in [1.82, 2.24) is 5.32 Å². The first-order valence-electron chi connectivity index (χ1n) is 6.56. The van der Waals surface area contributed by atoms with Crippen molar-refractivity contribution in [1.29, 1.82) is 0 Å². The average Bonchev–Trinajstić information content (AvgIpc) is 2.81. The third-order valence-electron chi connectivity index (χ3n) is 3.59. The molecule has 3 nitrogen and oxygen atoms in total. The van der Waals surface area contributed by atoms with Crippen LogP contribution in [-0.4, -0.2) is 25.3 Å². The SMILES string of the molecule is CC1(CNC(CN)c2cc(Br)ccc2F)CCCO1. The van der Waals surface area contributed by atoms with Crippen molar-refractivity contribution in [3.05, 3.63) is 34.1 Å². The van der Waals surface area contributed by atoms with Gasteiger partial charge >= 0.3 is 0 Å². The average molecular weight is 331 g/mol. The van der Waals surface area contributed by atoms with Crippen LogP contribution in [0.4, 0.5) is 4.39 Å². The molecule has 0 saturated carbocycles. The molecule has 0 aliphatic carbocycles. The molecule has 0 spiro atoms. The molecule has 3 N–H and O–H groups in total. The standard InChI is InChI=1S/C14H20BrFN2O/c1-14(5-2-6-19-14)9-18-13(8-17)11-7-10(15)3-4-12(11)16/h3-4,7,13,18H,2,5-6,8-9,17H2,1H3. The third kappa shape index (κ3) is 3.75. The van der Waals surface area contributed by atoms with Crippen molar-refractivity contribution in [2.24, 2.45) is 5.73 Å². The summed E-state index contributed by atoms with van der Waals surface area (Å²) in [5, 5.41) is 3.33. The molecule has 1 saturated heterocycles. The van der Waals surface area contributed by atoms with E-state index in [-0.39, 0.29) is 17.5 Å². The van der Waals surface area contributed by atoms with Crippen molar-refractivity contribution in [3.63, 3.8) is 0 Å². The van der Waals surface area contributed by atoms with Crippen molar-refractivity contribution in [2.45, 2.75) is 31.4 Å². The summed E-state index contributed by atoms with van der Waals surface area (Å²) in [4.78, 5) is 0. The molecule has 1 aromatic carbocycles. The van der Waals surface area contributed by atoms with Crippen molar-refractivity contribution in [2.75, 3.05) is 19.7 Å². The highest BCUT2D eigenvalue weighted by Gasteiger charge is 2.30. The monoisotopic (exact) mass is 330 g/mol. The molecular weight excluding hydrogens is 311 g/mol. The van der Waals surface area contributed by atoms with E-state index in [0.717, 1.165) is 23.9 Å². The van der Waals surface area contributed by atoms with E-state index in [9.17, 15) is 4.39 Å². The predicted octanol–water partition coefficient (Wildman–Crippen LogP) is 2.75. The molecule has 0 radical (unpaired) electrons. The fourth-order valence-electron chi connectivity index (χ4n) is 2.42. The Morgan fingerprint density at radius 1 is 1.58 bits per heavy atom. The van der Waals surface area contributed by atoms with Gasteiger partial charge in [0.1, 0.15) is 5.82 Å². The number of benzene rings is 1. The molecule has 2 unspecified atom stereocenters. The van der Waals surface area contributed by atoms with Crippen LogP contribution >= 0.6 is 15.9 Å². The Labute approximate surface area is 121 Å². The van der Waals surface area contributed by atoms with Gasteiger partial charge in [0, 0.05) is 35.8 Å². The number of ether oxygens (including phenoxy) is 1. The van der Waals surface area contributed by atoms with E-state index in [1.807, 2.05) is 0 Å². The molecule has 5 heteroatoms. The lowest BCUT2D eigenvalue weighted by Crippen LogP contribution is -2.41. The Bertz CT molecular complexity index is 435. The molecule has 1 heterocycles. The lowest BCUT2D eigenvalue weighted by molar-refractivity contribution is 0.0188. The van der Waals surface area contributed by atoms with Crippen molar-refractivity contribution >= 4 is 15.9 Å². The van der Waals surface area contributed by atoms with Gasteiger partial charge in [-0.3, -0.25) is 0 Å². The Morgan fingerprint density at radius 3 is 3.00 bits per heavy atom. The van der Waals surface area contributed by atoms with Crippen LogP contribution in [0.3, 0.4) is 0 Å². The van der Waals surface area contributed by atoms with Gasteiger partial charge in [0.25, 0.3) is 0 Å². The van der Waals surface area contributed by atoms with Crippen molar-refractivity contribution in [3.8, 4) is 0 Å². The molecule has 0 bridgehead atoms. The molecule has 1 aliphatic heterocycles. The molecule has 2 atom stereocenters. The minimum absolute atomic E-state index is 0.157. The zero-order valence-electron chi connectivity index (χ0n) is 11.1. The third-order valence-corrected chi connectivity index (χ3v) is 4.09. The van der Waals surface area contributed by atoms with Gasteiger partial charge in [-0.25, -0.2) is 4.39 Å². The molecule has 0 aromatic heterocycles. The molecule has 0 amide bonds. The highest BCUT2D eigenvalue weighted by molar-refractivity contribution is 9.10. The zero-order valence-corrected chi connectivity index (χ0v) is 12.7. The first-order chi connectivity index (χ1) is 9.04.